The zero-order valence-electron chi connectivity index (χ0n) is 10.5. The molecule has 0 saturated carbocycles. The molecule has 0 radical (unpaired) electrons. The Morgan fingerprint density at radius 2 is 0.846 bits per heavy atom. The molecule has 0 nitrogen and oxygen atoms in total. The molecule has 0 atom stereocenters. The lowest BCUT2D eigenvalue weighted by Crippen LogP contribution is -1.76. The van der Waals surface area contributed by atoms with E-state index in [-0.39, 0.29) is 0 Å². The van der Waals surface area contributed by atoms with E-state index in [1.165, 1.54) is 44.9 Å². The van der Waals surface area contributed by atoms with Gasteiger partial charge in [0.25, 0.3) is 0 Å². The van der Waals surface area contributed by atoms with Crippen molar-refractivity contribution in [3.05, 3.63) is 0 Å². The van der Waals surface area contributed by atoms with Gasteiger partial charge >= 0.3 is 0 Å². The standard InChI is InChI=1S/C9H20.C4H10/c1-3-5-7-9-8-6-4-2;1-4(2)3/h3-9H2,1-2H3;4H,1-3H3. The zero-order chi connectivity index (χ0) is 10.5. The minimum Gasteiger partial charge on any atom is -0.0654 e. The molecule has 13 heavy (non-hydrogen) atoms. The molecule has 0 N–H and O–H groups in total. The predicted octanol–water partition coefficient (Wildman–Crippen LogP) is 5.42. The second kappa shape index (κ2) is 14.5. The summed E-state index contributed by atoms with van der Waals surface area (Å²) in [6, 6.07) is 0. The van der Waals surface area contributed by atoms with Gasteiger partial charge in [0.05, 0.1) is 0 Å². The van der Waals surface area contributed by atoms with Crippen LogP contribution < -0.4 is 0 Å². The fourth-order valence-corrected chi connectivity index (χ4v) is 1.03. The molecule has 0 aromatic heterocycles. The largest absolute Gasteiger partial charge is 0.0654 e. The third kappa shape index (κ3) is 33.3. The fourth-order valence-electron chi connectivity index (χ4n) is 1.03. The Morgan fingerprint density at radius 1 is 0.615 bits per heavy atom. The molecule has 82 valence electrons. The maximum Gasteiger partial charge on any atom is -0.0500 e. The monoisotopic (exact) mass is 186 g/mol. The van der Waals surface area contributed by atoms with Gasteiger partial charge in [-0.05, 0) is 5.92 Å². The first-order chi connectivity index (χ1) is 6.15. The zero-order valence-corrected chi connectivity index (χ0v) is 10.5. The molecular formula is C13H30. The van der Waals surface area contributed by atoms with Crippen LogP contribution in [-0.2, 0) is 0 Å². The van der Waals surface area contributed by atoms with Crippen molar-refractivity contribution in [1.29, 1.82) is 0 Å². The summed E-state index contributed by atoms with van der Waals surface area (Å²) in [4.78, 5) is 0. The highest BCUT2D eigenvalue weighted by atomic mass is 13.9. The van der Waals surface area contributed by atoms with E-state index >= 15 is 0 Å². The summed E-state index contributed by atoms with van der Waals surface area (Å²) in [5.41, 5.74) is 0. The Labute approximate surface area is 86.1 Å². The smallest absolute Gasteiger partial charge is 0.0500 e. The second-order valence-corrected chi connectivity index (χ2v) is 4.50. The number of hydrogen-bond donors (Lipinski definition) is 0. The highest BCUT2D eigenvalue weighted by molar-refractivity contribution is 4.41. The topological polar surface area (TPSA) is 0 Å². The van der Waals surface area contributed by atoms with Gasteiger partial charge < -0.3 is 0 Å². The molecule has 0 aliphatic heterocycles. The van der Waals surface area contributed by atoms with E-state index in [9.17, 15) is 0 Å². The van der Waals surface area contributed by atoms with Gasteiger partial charge in [-0.2, -0.15) is 0 Å². The van der Waals surface area contributed by atoms with Gasteiger partial charge in [-0.1, -0.05) is 79.6 Å². The molecule has 0 aromatic carbocycles. The molecule has 0 rings (SSSR count). The van der Waals surface area contributed by atoms with Crippen molar-refractivity contribution in [1.82, 2.24) is 0 Å². The van der Waals surface area contributed by atoms with Crippen molar-refractivity contribution < 1.29 is 0 Å². The Bertz CT molecular complexity index is 55.7. The lowest BCUT2D eigenvalue weighted by molar-refractivity contribution is 0.602. The van der Waals surface area contributed by atoms with Crippen LogP contribution in [0.1, 0.15) is 79.6 Å². The minimum absolute atomic E-state index is 0.833. The van der Waals surface area contributed by atoms with Crippen LogP contribution in [0.3, 0.4) is 0 Å². The van der Waals surface area contributed by atoms with Crippen LogP contribution in [0.25, 0.3) is 0 Å². The van der Waals surface area contributed by atoms with Crippen molar-refractivity contribution in [2.75, 3.05) is 0 Å². The predicted molar refractivity (Wildman–Crippen MR) is 64.2 cm³/mol. The van der Waals surface area contributed by atoms with Crippen molar-refractivity contribution in [2.45, 2.75) is 79.6 Å². The van der Waals surface area contributed by atoms with Crippen LogP contribution in [0.2, 0.25) is 0 Å². The summed E-state index contributed by atoms with van der Waals surface area (Å²) < 4.78 is 0. The molecule has 0 spiro atoms. The molecular weight excluding hydrogens is 156 g/mol. The van der Waals surface area contributed by atoms with Crippen LogP contribution in [0.4, 0.5) is 0 Å². The molecule has 0 saturated heterocycles. The van der Waals surface area contributed by atoms with E-state index in [1.54, 1.807) is 0 Å². The van der Waals surface area contributed by atoms with Crippen LogP contribution in [-0.4, -0.2) is 0 Å². The van der Waals surface area contributed by atoms with Gasteiger partial charge in [0.1, 0.15) is 0 Å². The van der Waals surface area contributed by atoms with Crippen molar-refractivity contribution >= 4 is 0 Å². The Hall–Kier alpha value is 0. The lowest BCUT2D eigenvalue weighted by atomic mass is 10.1. The molecule has 0 heterocycles. The van der Waals surface area contributed by atoms with Crippen molar-refractivity contribution in [2.24, 2.45) is 5.92 Å². The molecule has 0 unspecified atom stereocenters. The highest BCUT2D eigenvalue weighted by Crippen LogP contribution is 2.05. The first-order valence-corrected chi connectivity index (χ1v) is 6.15. The van der Waals surface area contributed by atoms with E-state index in [4.69, 9.17) is 0 Å². The van der Waals surface area contributed by atoms with E-state index < -0.39 is 0 Å². The molecule has 0 bridgehead atoms. The van der Waals surface area contributed by atoms with Gasteiger partial charge in [-0.3, -0.25) is 0 Å². The quantitative estimate of drug-likeness (QED) is 0.486. The van der Waals surface area contributed by atoms with Gasteiger partial charge in [0, 0.05) is 0 Å². The SMILES string of the molecule is CC(C)C.CCCCCCCCC. The van der Waals surface area contributed by atoms with Gasteiger partial charge in [0.2, 0.25) is 0 Å². The van der Waals surface area contributed by atoms with Crippen LogP contribution in [0.15, 0.2) is 0 Å². The summed E-state index contributed by atoms with van der Waals surface area (Å²) in [5, 5.41) is 0. The Kier molecular flexibility index (Phi) is 17.3. The summed E-state index contributed by atoms with van der Waals surface area (Å²) >= 11 is 0. The maximum absolute atomic E-state index is 2.26. The third-order valence-corrected chi connectivity index (χ3v) is 1.71. The summed E-state index contributed by atoms with van der Waals surface area (Å²) in [6.45, 7) is 11.0. The van der Waals surface area contributed by atoms with Crippen molar-refractivity contribution in [3.8, 4) is 0 Å². The minimum atomic E-state index is 0.833. The highest BCUT2D eigenvalue weighted by Gasteiger charge is 1.85. The summed E-state index contributed by atoms with van der Waals surface area (Å²) in [5.74, 6) is 0.833. The van der Waals surface area contributed by atoms with Crippen LogP contribution in [0.5, 0.6) is 0 Å². The molecule has 0 aromatic rings. The normalized spacial score (nSPS) is 9.69. The number of rotatable bonds is 6. The van der Waals surface area contributed by atoms with Gasteiger partial charge in [0.15, 0.2) is 0 Å². The van der Waals surface area contributed by atoms with E-state index in [0.29, 0.717) is 0 Å². The average Bonchev–Trinajstić information content (AvgIpc) is 2.03. The summed E-state index contributed by atoms with van der Waals surface area (Å²) in [6.07, 6.45) is 9.97. The first kappa shape index (κ1) is 15.5. The molecule has 0 aliphatic carbocycles. The molecule has 0 aliphatic rings. The lowest BCUT2D eigenvalue weighted by Gasteiger charge is -1.96. The van der Waals surface area contributed by atoms with Crippen molar-refractivity contribution in [3.63, 3.8) is 0 Å². The average molecular weight is 186 g/mol. The number of unbranched alkanes of at least 4 members (excludes halogenated alkanes) is 6. The first-order valence-electron chi connectivity index (χ1n) is 6.15. The van der Waals surface area contributed by atoms with Gasteiger partial charge in [-0.25, -0.2) is 0 Å². The van der Waals surface area contributed by atoms with Gasteiger partial charge in [-0.15, -0.1) is 0 Å². The van der Waals surface area contributed by atoms with E-state index in [0.717, 1.165) is 5.92 Å². The fraction of sp³-hybridized carbons (Fsp3) is 1.00. The van der Waals surface area contributed by atoms with Crippen LogP contribution in [0, 0.1) is 5.92 Å². The Morgan fingerprint density at radius 3 is 1.08 bits per heavy atom. The molecule has 0 amide bonds. The molecule has 0 fully saturated rings. The third-order valence-electron chi connectivity index (χ3n) is 1.71. The number of hydrogen-bond acceptors (Lipinski definition) is 0. The van der Waals surface area contributed by atoms with Crippen LogP contribution >= 0.6 is 0 Å². The molecule has 0 heteroatoms. The van der Waals surface area contributed by atoms with E-state index in [2.05, 4.69) is 34.6 Å². The Balaban J connectivity index is 0. The second-order valence-electron chi connectivity index (χ2n) is 4.50. The summed E-state index contributed by atoms with van der Waals surface area (Å²) in [7, 11) is 0. The van der Waals surface area contributed by atoms with E-state index in [1.807, 2.05) is 0 Å². The maximum atomic E-state index is 2.26.